The number of nitrogens with zero attached hydrogens (tertiary/aromatic N) is 4. The third kappa shape index (κ3) is 9.75. The van der Waals surface area contributed by atoms with Gasteiger partial charge in [0.2, 0.25) is 0 Å². The van der Waals surface area contributed by atoms with Gasteiger partial charge in [0.15, 0.2) is 11.5 Å². The van der Waals surface area contributed by atoms with Crippen LogP contribution in [0, 0.1) is 0 Å². The van der Waals surface area contributed by atoms with Crippen molar-refractivity contribution in [3.63, 3.8) is 0 Å². The van der Waals surface area contributed by atoms with Crippen molar-refractivity contribution < 1.29 is 14.7 Å². The Morgan fingerprint density at radius 3 is 1.78 bits per heavy atom. The molecule has 2 heterocycles. The monoisotopic (exact) mass is 319 g/mol. The smallest absolute Gasteiger partial charge is 0.356 e. The molecule has 0 spiro atoms. The molecule has 2 aromatic rings. The van der Waals surface area contributed by atoms with Crippen LogP contribution in [0.1, 0.15) is 47.7 Å². The molecular weight excluding hydrogens is 298 g/mol. The zero-order valence-corrected chi connectivity index (χ0v) is 13.2. The maximum Gasteiger partial charge on any atom is 0.356 e. The highest BCUT2D eigenvalue weighted by Crippen LogP contribution is 1.98. The first-order valence-electron chi connectivity index (χ1n) is 7.05. The molecule has 0 aromatic carbocycles. The molecule has 0 unspecified atom stereocenters. The average molecular weight is 319 g/mol. The van der Waals surface area contributed by atoms with E-state index in [4.69, 9.17) is 10.8 Å². The minimum Gasteiger partial charge on any atom is -0.476 e. The quantitative estimate of drug-likeness (QED) is 0.812. The molecule has 124 valence electrons. The van der Waals surface area contributed by atoms with Crippen LogP contribution < -0.4 is 5.73 Å². The predicted molar refractivity (Wildman–Crippen MR) is 85.0 cm³/mol. The van der Waals surface area contributed by atoms with Crippen molar-refractivity contribution >= 4 is 11.8 Å². The van der Waals surface area contributed by atoms with Crippen molar-refractivity contribution in [1.29, 1.82) is 0 Å². The maximum atomic E-state index is 11.1. The van der Waals surface area contributed by atoms with Crippen molar-refractivity contribution in [2.24, 2.45) is 5.73 Å². The minimum absolute atomic E-state index is 0.0301. The Balaban J connectivity index is 0.000000365. The standard InChI is InChI=1S/C8H10N2O.C5H4N2O2.C2H7N/c1-2-3-8(11)7-6-9-4-5-10-7;8-5(9)4-3-6-1-2-7-4;1-2-3/h4-6H,2-3H2,1H3;1-3H,(H,8,9);2-3H2,1H3. The fourth-order valence-electron chi connectivity index (χ4n) is 1.21. The first-order valence-corrected chi connectivity index (χ1v) is 7.05. The van der Waals surface area contributed by atoms with Gasteiger partial charge >= 0.3 is 5.97 Å². The Labute approximate surface area is 134 Å². The summed E-state index contributed by atoms with van der Waals surface area (Å²) < 4.78 is 0. The molecule has 8 heteroatoms. The molecule has 0 atom stereocenters. The number of Topliss-reactive ketones (excluding diaryl/α,β-unsaturated/α-hetero) is 1. The van der Waals surface area contributed by atoms with Crippen molar-refractivity contribution in [3.05, 3.63) is 48.6 Å². The summed E-state index contributed by atoms with van der Waals surface area (Å²) in [6, 6.07) is 0. The fraction of sp³-hybridized carbons (Fsp3) is 0.333. The summed E-state index contributed by atoms with van der Waals surface area (Å²) in [5, 5.41) is 8.28. The van der Waals surface area contributed by atoms with Gasteiger partial charge in [0.1, 0.15) is 5.69 Å². The molecule has 0 amide bonds. The van der Waals surface area contributed by atoms with Gasteiger partial charge in [-0.15, -0.1) is 0 Å². The van der Waals surface area contributed by atoms with Crippen LogP contribution in [0.3, 0.4) is 0 Å². The first kappa shape index (κ1) is 20.3. The Kier molecular flexibility index (Phi) is 11.4. The van der Waals surface area contributed by atoms with E-state index < -0.39 is 5.97 Å². The number of aromatic carboxylic acids is 1. The normalized spacial score (nSPS) is 8.83. The second kappa shape index (κ2) is 13.0. The molecule has 0 bridgehead atoms. The highest BCUT2D eigenvalue weighted by Gasteiger charge is 2.03. The number of rotatable bonds is 4. The topological polar surface area (TPSA) is 132 Å². The molecular formula is C15H21N5O3. The number of carbonyl (C=O) groups excluding carboxylic acids is 1. The Morgan fingerprint density at radius 2 is 1.48 bits per heavy atom. The Bertz CT molecular complexity index is 564. The van der Waals surface area contributed by atoms with Crippen LogP contribution in [0.25, 0.3) is 0 Å². The lowest BCUT2D eigenvalue weighted by atomic mass is 10.2. The van der Waals surface area contributed by atoms with Crippen molar-refractivity contribution in [3.8, 4) is 0 Å². The van der Waals surface area contributed by atoms with Gasteiger partial charge in [0.25, 0.3) is 0 Å². The van der Waals surface area contributed by atoms with Crippen LogP contribution >= 0.6 is 0 Å². The molecule has 0 radical (unpaired) electrons. The van der Waals surface area contributed by atoms with Crippen LogP contribution in [0.4, 0.5) is 0 Å². The lowest BCUT2D eigenvalue weighted by molar-refractivity contribution is 0.0689. The van der Waals surface area contributed by atoms with E-state index in [-0.39, 0.29) is 11.5 Å². The van der Waals surface area contributed by atoms with E-state index in [0.29, 0.717) is 12.1 Å². The van der Waals surface area contributed by atoms with Gasteiger partial charge in [-0.25, -0.2) is 14.8 Å². The summed E-state index contributed by atoms with van der Waals surface area (Å²) in [6.45, 7) is 4.62. The fourth-order valence-corrected chi connectivity index (χ4v) is 1.21. The van der Waals surface area contributed by atoms with Gasteiger partial charge in [0.05, 0.1) is 12.4 Å². The van der Waals surface area contributed by atoms with E-state index in [9.17, 15) is 9.59 Å². The van der Waals surface area contributed by atoms with Crippen molar-refractivity contribution in [2.45, 2.75) is 26.7 Å². The average Bonchev–Trinajstić information content (AvgIpc) is 2.58. The van der Waals surface area contributed by atoms with Gasteiger partial charge in [0, 0.05) is 31.2 Å². The summed E-state index contributed by atoms with van der Waals surface area (Å²) in [5.41, 5.74) is 5.28. The highest BCUT2D eigenvalue weighted by molar-refractivity contribution is 5.93. The van der Waals surface area contributed by atoms with Gasteiger partial charge in [-0.2, -0.15) is 0 Å². The molecule has 0 aliphatic rings. The molecule has 0 saturated heterocycles. The number of carboxylic acids is 1. The summed E-state index contributed by atoms with van der Waals surface area (Å²) >= 11 is 0. The van der Waals surface area contributed by atoms with Crippen LogP contribution in [0.5, 0.6) is 0 Å². The Hall–Kier alpha value is -2.74. The number of aromatic nitrogens is 4. The summed E-state index contributed by atoms with van der Waals surface area (Å²) in [7, 11) is 0. The van der Waals surface area contributed by atoms with E-state index in [1.807, 2.05) is 13.8 Å². The number of ketones is 1. The number of carbonyl (C=O) groups is 2. The largest absolute Gasteiger partial charge is 0.476 e. The summed E-state index contributed by atoms with van der Waals surface area (Å²) in [4.78, 5) is 36.0. The zero-order chi connectivity index (χ0) is 17.5. The highest BCUT2D eigenvalue weighted by atomic mass is 16.4. The van der Waals surface area contributed by atoms with Gasteiger partial charge in [-0.1, -0.05) is 13.8 Å². The van der Waals surface area contributed by atoms with Crippen LogP contribution in [-0.4, -0.2) is 43.3 Å². The van der Waals surface area contributed by atoms with Crippen molar-refractivity contribution in [1.82, 2.24) is 19.9 Å². The van der Waals surface area contributed by atoms with Gasteiger partial charge in [-0.3, -0.25) is 14.8 Å². The number of hydrogen-bond acceptors (Lipinski definition) is 7. The number of hydrogen-bond donors (Lipinski definition) is 2. The van der Waals surface area contributed by atoms with Gasteiger partial charge < -0.3 is 10.8 Å². The molecule has 0 aliphatic heterocycles. The number of carboxylic acid groups (broad SMARTS) is 1. The zero-order valence-electron chi connectivity index (χ0n) is 13.2. The molecule has 0 saturated carbocycles. The van der Waals surface area contributed by atoms with E-state index in [2.05, 4.69) is 19.9 Å². The summed E-state index contributed by atoms with van der Waals surface area (Å²) in [6.07, 6.45) is 9.95. The Morgan fingerprint density at radius 1 is 1.00 bits per heavy atom. The third-order valence-corrected chi connectivity index (χ3v) is 2.11. The second-order valence-corrected chi connectivity index (χ2v) is 4.07. The molecule has 2 aromatic heterocycles. The lowest BCUT2D eigenvalue weighted by Gasteiger charge is -1.94. The van der Waals surface area contributed by atoms with E-state index in [0.717, 1.165) is 13.0 Å². The van der Waals surface area contributed by atoms with Crippen LogP contribution in [0.2, 0.25) is 0 Å². The molecule has 2 rings (SSSR count). The third-order valence-electron chi connectivity index (χ3n) is 2.11. The molecule has 3 N–H and O–H groups in total. The van der Waals surface area contributed by atoms with Crippen LogP contribution in [-0.2, 0) is 0 Å². The predicted octanol–water partition coefficient (Wildman–Crippen LogP) is 1.60. The van der Waals surface area contributed by atoms with E-state index >= 15 is 0 Å². The lowest BCUT2D eigenvalue weighted by Crippen LogP contribution is -2.00. The summed E-state index contributed by atoms with van der Waals surface area (Å²) in [5.74, 6) is -0.983. The van der Waals surface area contributed by atoms with Gasteiger partial charge in [-0.05, 0) is 13.0 Å². The second-order valence-electron chi connectivity index (χ2n) is 4.07. The van der Waals surface area contributed by atoms with E-state index in [1.54, 1.807) is 6.20 Å². The SMILES string of the molecule is CCCC(=O)c1cnccn1.CCN.O=C(O)c1cnccn1. The van der Waals surface area contributed by atoms with E-state index in [1.165, 1.54) is 31.0 Å². The maximum absolute atomic E-state index is 11.1. The molecule has 0 fully saturated rings. The number of nitrogens with two attached hydrogens (primary N) is 1. The molecule has 8 nitrogen and oxygen atoms in total. The molecule has 0 aliphatic carbocycles. The minimum atomic E-state index is -1.05. The van der Waals surface area contributed by atoms with Crippen molar-refractivity contribution in [2.75, 3.05) is 6.54 Å². The molecule has 23 heavy (non-hydrogen) atoms. The first-order chi connectivity index (χ1) is 11.1. The van der Waals surface area contributed by atoms with Crippen LogP contribution in [0.15, 0.2) is 37.2 Å².